The second-order valence-electron chi connectivity index (χ2n) is 6.90. The third kappa shape index (κ3) is 3.70. The van der Waals surface area contributed by atoms with Crippen LogP contribution in [0.1, 0.15) is 15.9 Å². The summed E-state index contributed by atoms with van der Waals surface area (Å²) >= 11 is 1.80. The van der Waals surface area contributed by atoms with Gasteiger partial charge in [-0.1, -0.05) is 18.2 Å². The van der Waals surface area contributed by atoms with Crippen LogP contribution in [0.15, 0.2) is 47.8 Å². The summed E-state index contributed by atoms with van der Waals surface area (Å²) in [6, 6.07) is 13.9. The second-order valence-corrected chi connectivity index (χ2v) is 7.81. The van der Waals surface area contributed by atoms with Crippen LogP contribution in [0.25, 0.3) is 10.1 Å². The number of ether oxygens (including phenoxy) is 2. The first-order chi connectivity index (χ1) is 13.7. The fourth-order valence-electron chi connectivity index (χ4n) is 3.66. The zero-order chi connectivity index (χ0) is 19.5. The van der Waals surface area contributed by atoms with Crippen molar-refractivity contribution in [1.82, 2.24) is 9.80 Å². The molecule has 0 spiro atoms. The number of benzene rings is 2. The van der Waals surface area contributed by atoms with Gasteiger partial charge in [0.1, 0.15) is 0 Å². The molecule has 6 heteroatoms. The van der Waals surface area contributed by atoms with E-state index in [-0.39, 0.29) is 5.91 Å². The number of rotatable bonds is 5. The molecule has 146 valence electrons. The van der Waals surface area contributed by atoms with Crippen LogP contribution in [-0.4, -0.2) is 56.1 Å². The van der Waals surface area contributed by atoms with Gasteiger partial charge in [-0.25, -0.2) is 0 Å². The first-order valence-electron chi connectivity index (χ1n) is 9.38. The molecule has 5 nitrogen and oxygen atoms in total. The number of carbonyl (C=O) groups excluding carboxylic acids is 1. The van der Waals surface area contributed by atoms with E-state index in [4.69, 9.17) is 9.47 Å². The lowest BCUT2D eigenvalue weighted by atomic mass is 10.1. The van der Waals surface area contributed by atoms with E-state index >= 15 is 0 Å². The Hall–Kier alpha value is -2.57. The van der Waals surface area contributed by atoms with Crippen molar-refractivity contribution in [3.05, 3.63) is 59.0 Å². The number of hydrogen-bond acceptors (Lipinski definition) is 5. The second kappa shape index (κ2) is 8.20. The molecule has 0 bridgehead atoms. The van der Waals surface area contributed by atoms with E-state index in [9.17, 15) is 4.79 Å². The maximum absolute atomic E-state index is 12.9. The molecule has 2 heterocycles. The van der Waals surface area contributed by atoms with Gasteiger partial charge in [-0.15, -0.1) is 11.3 Å². The highest BCUT2D eigenvalue weighted by atomic mass is 32.1. The van der Waals surface area contributed by atoms with Gasteiger partial charge in [-0.3, -0.25) is 9.69 Å². The summed E-state index contributed by atoms with van der Waals surface area (Å²) in [6.07, 6.45) is 0. The summed E-state index contributed by atoms with van der Waals surface area (Å²) in [5, 5.41) is 3.60. The Kier molecular flexibility index (Phi) is 5.50. The molecule has 2 aromatic carbocycles. The fourth-order valence-corrected chi connectivity index (χ4v) is 4.61. The summed E-state index contributed by atoms with van der Waals surface area (Å²) in [5.74, 6) is 1.25. The van der Waals surface area contributed by atoms with E-state index in [1.165, 1.54) is 15.6 Å². The Morgan fingerprint density at radius 1 is 1.00 bits per heavy atom. The van der Waals surface area contributed by atoms with Crippen LogP contribution in [0, 0.1) is 0 Å². The van der Waals surface area contributed by atoms with Crippen molar-refractivity contribution in [3.63, 3.8) is 0 Å². The van der Waals surface area contributed by atoms with Crippen molar-refractivity contribution in [2.45, 2.75) is 6.54 Å². The summed E-state index contributed by atoms with van der Waals surface area (Å²) in [7, 11) is 3.17. The molecule has 0 atom stereocenters. The number of piperazine rings is 1. The monoisotopic (exact) mass is 396 g/mol. The highest BCUT2D eigenvalue weighted by molar-refractivity contribution is 7.17. The molecule has 28 heavy (non-hydrogen) atoms. The first kappa shape index (κ1) is 18.8. The number of nitrogens with zero attached hydrogens (tertiary/aromatic N) is 2. The zero-order valence-corrected chi connectivity index (χ0v) is 17.0. The molecule has 1 saturated heterocycles. The number of thiophene rings is 1. The standard InChI is InChI=1S/C22H24N2O3S/c1-26-19-8-7-16(13-20(19)27-2)22(25)24-11-9-23(10-12-24)14-17-15-28-21-6-4-3-5-18(17)21/h3-8,13,15H,9-12,14H2,1-2H3. The predicted molar refractivity (Wildman–Crippen MR) is 113 cm³/mol. The highest BCUT2D eigenvalue weighted by Crippen LogP contribution is 2.29. The van der Waals surface area contributed by atoms with Gasteiger partial charge in [0.15, 0.2) is 11.5 Å². The molecular weight excluding hydrogens is 372 g/mol. The molecule has 1 aliphatic rings. The molecule has 1 fully saturated rings. The van der Waals surface area contributed by atoms with Crippen molar-refractivity contribution < 1.29 is 14.3 Å². The average molecular weight is 397 g/mol. The summed E-state index contributed by atoms with van der Waals surface area (Å²) in [6.45, 7) is 4.15. The smallest absolute Gasteiger partial charge is 0.254 e. The molecule has 0 saturated carbocycles. The van der Waals surface area contributed by atoms with Crippen molar-refractivity contribution in [2.24, 2.45) is 0 Å². The van der Waals surface area contributed by atoms with E-state index in [2.05, 4.69) is 34.5 Å². The van der Waals surface area contributed by atoms with Crippen molar-refractivity contribution in [1.29, 1.82) is 0 Å². The number of fused-ring (bicyclic) bond motifs is 1. The van der Waals surface area contributed by atoms with E-state index in [0.717, 1.165) is 32.7 Å². The lowest BCUT2D eigenvalue weighted by molar-refractivity contribution is 0.0628. The molecule has 3 aromatic rings. The van der Waals surface area contributed by atoms with Crippen molar-refractivity contribution >= 4 is 27.3 Å². The van der Waals surface area contributed by atoms with E-state index in [0.29, 0.717) is 17.1 Å². The van der Waals surface area contributed by atoms with Crippen molar-refractivity contribution in [3.8, 4) is 11.5 Å². The maximum atomic E-state index is 12.9. The van der Waals surface area contributed by atoms with Gasteiger partial charge in [0.05, 0.1) is 14.2 Å². The van der Waals surface area contributed by atoms with E-state index in [1.54, 1.807) is 43.8 Å². The van der Waals surface area contributed by atoms with Gasteiger partial charge in [0, 0.05) is 43.0 Å². The van der Waals surface area contributed by atoms with Gasteiger partial charge >= 0.3 is 0 Å². The summed E-state index contributed by atoms with van der Waals surface area (Å²) in [4.78, 5) is 17.2. The zero-order valence-electron chi connectivity index (χ0n) is 16.2. The number of amides is 1. The molecule has 0 N–H and O–H groups in total. The molecular formula is C22H24N2O3S. The Labute approximate surface area is 169 Å². The van der Waals surface area contributed by atoms with Crippen LogP contribution < -0.4 is 9.47 Å². The predicted octanol–water partition coefficient (Wildman–Crippen LogP) is 3.88. The summed E-state index contributed by atoms with van der Waals surface area (Å²) in [5.41, 5.74) is 2.01. The first-order valence-corrected chi connectivity index (χ1v) is 10.3. The van der Waals surface area contributed by atoms with Crippen LogP contribution in [0.2, 0.25) is 0 Å². The topological polar surface area (TPSA) is 42.0 Å². The van der Waals surface area contributed by atoms with Crippen LogP contribution in [0.5, 0.6) is 11.5 Å². The molecule has 4 rings (SSSR count). The maximum Gasteiger partial charge on any atom is 0.254 e. The highest BCUT2D eigenvalue weighted by Gasteiger charge is 2.23. The Bertz CT molecular complexity index is 977. The number of carbonyl (C=O) groups is 1. The van der Waals surface area contributed by atoms with E-state index < -0.39 is 0 Å². The quantitative estimate of drug-likeness (QED) is 0.656. The molecule has 0 unspecified atom stereocenters. The fraction of sp³-hybridized carbons (Fsp3) is 0.318. The molecule has 0 radical (unpaired) electrons. The Morgan fingerprint density at radius 3 is 2.50 bits per heavy atom. The Balaban J connectivity index is 1.39. The van der Waals surface area contributed by atoms with Gasteiger partial charge in [-0.05, 0) is 40.6 Å². The normalized spacial score (nSPS) is 15.0. The lowest BCUT2D eigenvalue weighted by Gasteiger charge is -2.34. The van der Waals surface area contributed by atoms with Gasteiger partial charge in [0.2, 0.25) is 0 Å². The van der Waals surface area contributed by atoms with Crippen LogP contribution in [0.3, 0.4) is 0 Å². The van der Waals surface area contributed by atoms with Crippen molar-refractivity contribution in [2.75, 3.05) is 40.4 Å². The van der Waals surface area contributed by atoms with Crippen LogP contribution >= 0.6 is 11.3 Å². The average Bonchev–Trinajstić information content (AvgIpc) is 3.16. The van der Waals surface area contributed by atoms with Crippen LogP contribution in [0.4, 0.5) is 0 Å². The number of methoxy groups -OCH3 is 2. The minimum atomic E-state index is 0.0431. The third-order valence-corrected chi connectivity index (χ3v) is 6.26. The van der Waals surface area contributed by atoms with Gasteiger partial charge < -0.3 is 14.4 Å². The third-order valence-electron chi connectivity index (χ3n) is 5.25. The largest absolute Gasteiger partial charge is 0.493 e. The van der Waals surface area contributed by atoms with Gasteiger partial charge in [-0.2, -0.15) is 0 Å². The Morgan fingerprint density at radius 2 is 1.75 bits per heavy atom. The van der Waals surface area contributed by atoms with Gasteiger partial charge in [0.25, 0.3) is 5.91 Å². The lowest BCUT2D eigenvalue weighted by Crippen LogP contribution is -2.48. The molecule has 1 amide bonds. The van der Waals surface area contributed by atoms with Crippen LogP contribution in [-0.2, 0) is 6.54 Å². The molecule has 1 aromatic heterocycles. The van der Waals surface area contributed by atoms with E-state index in [1.807, 2.05) is 4.90 Å². The minimum absolute atomic E-state index is 0.0431. The molecule has 0 aliphatic carbocycles. The molecule has 1 aliphatic heterocycles. The minimum Gasteiger partial charge on any atom is -0.493 e. The number of hydrogen-bond donors (Lipinski definition) is 0. The summed E-state index contributed by atoms with van der Waals surface area (Å²) < 4.78 is 11.9. The SMILES string of the molecule is COc1ccc(C(=O)N2CCN(Cc3csc4ccccc34)CC2)cc1OC.